The summed E-state index contributed by atoms with van der Waals surface area (Å²) < 4.78 is 0. The molecule has 0 radical (unpaired) electrons. The standard InChI is InChI=1S/C15H23N5S/c1-5-11-8-17-13(21-11)9-18-15-10(4)14(16-7-3)19-12(6-2)20-15/h8H,5-7,9H2,1-4H3,(H2,16,18,19,20). The summed E-state index contributed by atoms with van der Waals surface area (Å²) in [6.07, 6.45) is 3.81. The molecule has 114 valence electrons. The first-order valence-corrected chi connectivity index (χ1v) is 8.28. The lowest BCUT2D eigenvalue weighted by molar-refractivity contribution is 0.918. The molecule has 2 rings (SSSR count). The molecular formula is C15H23N5S. The monoisotopic (exact) mass is 305 g/mol. The normalized spacial score (nSPS) is 10.7. The van der Waals surface area contributed by atoms with E-state index in [0.29, 0.717) is 6.54 Å². The molecule has 5 nitrogen and oxygen atoms in total. The second-order valence-electron chi connectivity index (χ2n) is 4.77. The molecule has 2 aromatic rings. The fourth-order valence-corrected chi connectivity index (χ4v) is 2.79. The summed E-state index contributed by atoms with van der Waals surface area (Å²) in [5.41, 5.74) is 1.06. The van der Waals surface area contributed by atoms with E-state index in [1.807, 2.05) is 13.1 Å². The quantitative estimate of drug-likeness (QED) is 0.821. The van der Waals surface area contributed by atoms with Gasteiger partial charge in [0.1, 0.15) is 22.5 Å². The smallest absolute Gasteiger partial charge is 0.135 e. The van der Waals surface area contributed by atoms with Gasteiger partial charge in [-0.1, -0.05) is 13.8 Å². The van der Waals surface area contributed by atoms with Gasteiger partial charge in [0.05, 0.1) is 6.54 Å². The van der Waals surface area contributed by atoms with Gasteiger partial charge in [0.2, 0.25) is 0 Å². The molecule has 0 unspecified atom stereocenters. The molecule has 6 heteroatoms. The summed E-state index contributed by atoms with van der Waals surface area (Å²) in [6, 6.07) is 0. The first-order valence-electron chi connectivity index (χ1n) is 7.46. The Balaban J connectivity index is 2.16. The molecule has 0 amide bonds. The van der Waals surface area contributed by atoms with Gasteiger partial charge in [-0.3, -0.25) is 0 Å². The van der Waals surface area contributed by atoms with E-state index in [2.05, 4.69) is 46.4 Å². The lowest BCUT2D eigenvalue weighted by atomic mass is 10.3. The maximum atomic E-state index is 4.59. The summed E-state index contributed by atoms with van der Waals surface area (Å²) in [7, 11) is 0. The minimum absolute atomic E-state index is 0.706. The Labute approximate surface area is 130 Å². The fourth-order valence-electron chi connectivity index (χ4n) is 1.99. The number of aromatic nitrogens is 3. The molecule has 0 fully saturated rings. The van der Waals surface area contributed by atoms with Crippen molar-refractivity contribution < 1.29 is 0 Å². The van der Waals surface area contributed by atoms with Crippen molar-refractivity contribution in [3.63, 3.8) is 0 Å². The fraction of sp³-hybridized carbons (Fsp3) is 0.533. The van der Waals surface area contributed by atoms with E-state index in [9.17, 15) is 0 Å². The lowest BCUT2D eigenvalue weighted by Crippen LogP contribution is -2.10. The zero-order valence-corrected chi connectivity index (χ0v) is 14.0. The molecule has 0 aliphatic rings. The molecule has 0 aliphatic carbocycles. The summed E-state index contributed by atoms with van der Waals surface area (Å²) >= 11 is 1.75. The summed E-state index contributed by atoms with van der Waals surface area (Å²) in [5, 5.41) is 7.79. The van der Waals surface area contributed by atoms with Crippen molar-refractivity contribution in [2.24, 2.45) is 0 Å². The van der Waals surface area contributed by atoms with Crippen LogP contribution in [0.2, 0.25) is 0 Å². The molecular weight excluding hydrogens is 282 g/mol. The summed E-state index contributed by atoms with van der Waals surface area (Å²) in [4.78, 5) is 14.9. The van der Waals surface area contributed by atoms with E-state index >= 15 is 0 Å². The Bertz CT molecular complexity index is 594. The third-order valence-electron chi connectivity index (χ3n) is 3.21. The first kappa shape index (κ1) is 15.7. The van der Waals surface area contributed by atoms with Gasteiger partial charge in [0.25, 0.3) is 0 Å². The molecule has 0 aliphatic heterocycles. The van der Waals surface area contributed by atoms with Crippen LogP contribution in [0.15, 0.2) is 6.20 Å². The Morgan fingerprint density at radius 3 is 2.33 bits per heavy atom. The van der Waals surface area contributed by atoms with Crippen molar-refractivity contribution in [1.29, 1.82) is 0 Å². The van der Waals surface area contributed by atoms with Crippen molar-refractivity contribution in [2.75, 3.05) is 17.2 Å². The Morgan fingerprint density at radius 2 is 1.76 bits per heavy atom. The zero-order chi connectivity index (χ0) is 15.2. The van der Waals surface area contributed by atoms with Crippen molar-refractivity contribution in [1.82, 2.24) is 15.0 Å². The number of aryl methyl sites for hydroxylation is 2. The molecule has 2 N–H and O–H groups in total. The van der Waals surface area contributed by atoms with Crippen LogP contribution in [0, 0.1) is 6.92 Å². The highest BCUT2D eigenvalue weighted by Gasteiger charge is 2.10. The van der Waals surface area contributed by atoms with E-state index < -0.39 is 0 Å². The zero-order valence-electron chi connectivity index (χ0n) is 13.2. The SMILES string of the molecule is CCNc1nc(CC)nc(NCc2ncc(CC)s2)c1C. The average Bonchev–Trinajstić information content (AvgIpc) is 2.96. The molecule has 21 heavy (non-hydrogen) atoms. The number of nitrogens with zero attached hydrogens (tertiary/aromatic N) is 3. The summed E-state index contributed by atoms with van der Waals surface area (Å²) in [5.74, 6) is 2.67. The molecule has 0 aromatic carbocycles. The van der Waals surface area contributed by atoms with Gasteiger partial charge in [-0.25, -0.2) is 15.0 Å². The van der Waals surface area contributed by atoms with E-state index in [0.717, 1.165) is 47.4 Å². The highest BCUT2D eigenvalue weighted by Crippen LogP contribution is 2.21. The van der Waals surface area contributed by atoms with Crippen LogP contribution in [-0.2, 0) is 19.4 Å². The predicted molar refractivity (Wildman–Crippen MR) is 89.1 cm³/mol. The molecule has 0 saturated heterocycles. The Hall–Kier alpha value is -1.69. The van der Waals surface area contributed by atoms with Crippen molar-refractivity contribution >= 4 is 23.0 Å². The van der Waals surface area contributed by atoms with Crippen molar-refractivity contribution in [2.45, 2.75) is 47.1 Å². The van der Waals surface area contributed by atoms with Gasteiger partial charge in [-0.15, -0.1) is 11.3 Å². The van der Waals surface area contributed by atoms with E-state index in [4.69, 9.17) is 0 Å². The topological polar surface area (TPSA) is 62.7 Å². The number of anilines is 2. The second kappa shape index (κ2) is 7.36. The van der Waals surface area contributed by atoms with Crippen LogP contribution in [0.4, 0.5) is 11.6 Å². The lowest BCUT2D eigenvalue weighted by Gasteiger charge is -2.13. The van der Waals surface area contributed by atoms with Crippen LogP contribution in [0.25, 0.3) is 0 Å². The minimum atomic E-state index is 0.706. The molecule has 2 aromatic heterocycles. The minimum Gasteiger partial charge on any atom is -0.370 e. The largest absolute Gasteiger partial charge is 0.370 e. The van der Waals surface area contributed by atoms with Crippen LogP contribution >= 0.6 is 11.3 Å². The second-order valence-corrected chi connectivity index (χ2v) is 5.97. The van der Waals surface area contributed by atoms with Crippen molar-refractivity contribution in [3.8, 4) is 0 Å². The average molecular weight is 305 g/mol. The van der Waals surface area contributed by atoms with E-state index in [-0.39, 0.29) is 0 Å². The molecule has 0 bridgehead atoms. The van der Waals surface area contributed by atoms with Gasteiger partial charge in [-0.2, -0.15) is 0 Å². The maximum absolute atomic E-state index is 4.59. The molecule has 0 saturated carbocycles. The predicted octanol–water partition coefficient (Wildman–Crippen LogP) is 3.41. The summed E-state index contributed by atoms with van der Waals surface area (Å²) in [6.45, 7) is 9.89. The van der Waals surface area contributed by atoms with Gasteiger partial charge in [0, 0.05) is 29.6 Å². The number of hydrogen-bond donors (Lipinski definition) is 2. The van der Waals surface area contributed by atoms with E-state index in [1.54, 1.807) is 11.3 Å². The van der Waals surface area contributed by atoms with Crippen molar-refractivity contribution in [3.05, 3.63) is 27.5 Å². The third kappa shape index (κ3) is 3.91. The van der Waals surface area contributed by atoms with Gasteiger partial charge >= 0.3 is 0 Å². The van der Waals surface area contributed by atoms with Gasteiger partial charge in [0.15, 0.2) is 0 Å². The Kier molecular flexibility index (Phi) is 5.50. The highest BCUT2D eigenvalue weighted by atomic mass is 32.1. The maximum Gasteiger partial charge on any atom is 0.135 e. The van der Waals surface area contributed by atoms with Crippen LogP contribution in [0.1, 0.15) is 42.0 Å². The molecule has 2 heterocycles. The van der Waals surface area contributed by atoms with Crippen LogP contribution < -0.4 is 10.6 Å². The van der Waals surface area contributed by atoms with Gasteiger partial charge < -0.3 is 10.6 Å². The highest BCUT2D eigenvalue weighted by molar-refractivity contribution is 7.11. The number of hydrogen-bond acceptors (Lipinski definition) is 6. The van der Waals surface area contributed by atoms with Crippen LogP contribution in [0.5, 0.6) is 0 Å². The van der Waals surface area contributed by atoms with Crippen LogP contribution in [0.3, 0.4) is 0 Å². The first-order chi connectivity index (χ1) is 10.2. The number of thiazole rings is 1. The molecule has 0 spiro atoms. The van der Waals surface area contributed by atoms with Gasteiger partial charge in [-0.05, 0) is 20.3 Å². The number of rotatable bonds is 7. The Morgan fingerprint density at radius 1 is 1.05 bits per heavy atom. The number of nitrogens with one attached hydrogen (secondary N) is 2. The third-order valence-corrected chi connectivity index (χ3v) is 4.35. The van der Waals surface area contributed by atoms with E-state index in [1.165, 1.54) is 4.88 Å². The molecule has 0 atom stereocenters. The van der Waals surface area contributed by atoms with Crippen LogP contribution in [-0.4, -0.2) is 21.5 Å².